The van der Waals surface area contributed by atoms with Gasteiger partial charge in [0, 0.05) is 49.5 Å². The number of pyridine rings is 1. The summed E-state index contributed by atoms with van der Waals surface area (Å²) in [5.74, 6) is -1.27. The highest BCUT2D eigenvalue weighted by Gasteiger charge is 2.18. The molecule has 0 spiro atoms. The molecule has 0 unspecified atom stereocenters. The van der Waals surface area contributed by atoms with Gasteiger partial charge in [0.1, 0.15) is 0 Å². The van der Waals surface area contributed by atoms with Crippen LogP contribution < -0.4 is 15.5 Å². The fraction of sp³-hybridized carbons (Fsp3) is 0.320. The van der Waals surface area contributed by atoms with Gasteiger partial charge in [-0.2, -0.15) is 0 Å². The van der Waals surface area contributed by atoms with E-state index in [2.05, 4.69) is 49.7 Å². The van der Waals surface area contributed by atoms with Crippen molar-refractivity contribution in [2.24, 2.45) is 0 Å². The zero-order chi connectivity index (χ0) is 22.3. The van der Waals surface area contributed by atoms with Crippen LogP contribution >= 0.6 is 0 Å². The van der Waals surface area contributed by atoms with Crippen LogP contribution in [0.25, 0.3) is 10.9 Å². The molecule has 166 valence electrons. The molecule has 2 amide bonds. The van der Waals surface area contributed by atoms with E-state index in [1.54, 1.807) is 6.07 Å². The smallest absolute Gasteiger partial charge is 0.313 e. The number of hydrogen-bond donors (Lipinski definition) is 2. The van der Waals surface area contributed by atoms with Gasteiger partial charge in [-0.05, 0) is 44.2 Å². The molecule has 2 aromatic carbocycles. The summed E-state index contributed by atoms with van der Waals surface area (Å²) in [5.41, 5.74) is 3.44. The molecule has 0 bridgehead atoms. The minimum absolute atomic E-state index is 0.473. The highest BCUT2D eigenvalue weighted by atomic mass is 16.2. The van der Waals surface area contributed by atoms with Crippen LogP contribution in [0.2, 0.25) is 0 Å². The third-order valence-electron chi connectivity index (χ3n) is 5.73. The normalized spacial score (nSPS) is 14.3. The second-order valence-corrected chi connectivity index (χ2v) is 8.06. The van der Waals surface area contributed by atoms with Gasteiger partial charge in [0.25, 0.3) is 0 Å². The lowest BCUT2D eigenvalue weighted by molar-refractivity contribution is -0.136. The number of nitrogens with zero attached hydrogens (tertiary/aromatic N) is 3. The van der Waals surface area contributed by atoms with E-state index in [0.29, 0.717) is 12.2 Å². The maximum absolute atomic E-state index is 12.4. The largest absolute Gasteiger partial charge is 0.369 e. The van der Waals surface area contributed by atoms with Crippen molar-refractivity contribution in [2.75, 3.05) is 49.5 Å². The predicted octanol–water partition coefficient (Wildman–Crippen LogP) is 2.81. The number of benzene rings is 2. The van der Waals surface area contributed by atoms with Gasteiger partial charge >= 0.3 is 11.8 Å². The van der Waals surface area contributed by atoms with Crippen LogP contribution in [0, 0.1) is 6.92 Å². The lowest BCUT2D eigenvalue weighted by atomic mass is 10.1. The highest BCUT2D eigenvalue weighted by molar-refractivity contribution is 6.40. The number of fused-ring (bicyclic) bond motifs is 1. The fourth-order valence-corrected chi connectivity index (χ4v) is 4.04. The first-order chi connectivity index (χ1) is 15.6. The van der Waals surface area contributed by atoms with E-state index in [-0.39, 0.29) is 0 Å². The SMILES string of the molecule is Cc1cc(NC(=O)C(=O)NCCCN2CCN(c3ccccc3)CC2)c2ccccc2n1. The maximum atomic E-state index is 12.4. The van der Waals surface area contributed by atoms with Crippen LogP contribution in [0.15, 0.2) is 60.7 Å². The van der Waals surface area contributed by atoms with Crippen LogP contribution in [0.1, 0.15) is 12.1 Å². The Balaban J connectivity index is 1.19. The second-order valence-electron chi connectivity index (χ2n) is 8.06. The number of anilines is 2. The lowest BCUT2D eigenvalue weighted by Gasteiger charge is -2.36. The van der Waals surface area contributed by atoms with Crippen molar-refractivity contribution in [1.29, 1.82) is 0 Å². The van der Waals surface area contributed by atoms with E-state index < -0.39 is 11.8 Å². The third kappa shape index (κ3) is 5.42. The van der Waals surface area contributed by atoms with Crippen molar-refractivity contribution in [3.63, 3.8) is 0 Å². The van der Waals surface area contributed by atoms with E-state index in [4.69, 9.17) is 0 Å². The minimum Gasteiger partial charge on any atom is -0.369 e. The number of aryl methyl sites for hydroxylation is 1. The molecule has 1 aliphatic rings. The fourth-order valence-electron chi connectivity index (χ4n) is 4.04. The van der Waals surface area contributed by atoms with Crippen molar-refractivity contribution in [3.8, 4) is 0 Å². The Bertz CT molecular complexity index is 1080. The molecule has 2 N–H and O–H groups in total. The van der Waals surface area contributed by atoms with Crippen molar-refractivity contribution in [2.45, 2.75) is 13.3 Å². The number of rotatable bonds is 6. The average Bonchev–Trinajstić information content (AvgIpc) is 2.82. The van der Waals surface area contributed by atoms with E-state index in [9.17, 15) is 9.59 Å². The van der Waals surface area contributed by atoms with Crippen LogP contribution in [0.4, 0.5) is 11.4 Å². The zero-order valence-corrected chi connectivity index (χ0v) is 18.4. The molecule has 0 saturated carbocycles. The van der Waals surface area contributed by atoms with Gasteiger partial charge in [-0.3, -0.25) is 19.5 Å². The Labute approximate surface area is 188 Å². The minimum atomic E-state index is -0.655. The Kier molecular flexibility index (Phi) is 6.97. The van der Waals surface area contributed by atoms with Crippen molar-refractivity contribution in [3.05, 3.63) is 66.4 Å². The lowest BCUT2D eigenvalue weighted by Crippen LogP contribution is -2.47. The average molecular weight is 432 g/mol. The standard InChI is InChI=1S/C25H29N5O2/c1-19-18-23(21-10-5-6-11-22(21)27-19)28-25(32)24(31)26-12-7-13-29-14-16-30(17-15-29)20-8-3-2-4-9-20/h2-6,8-11,18H,7,12-17H2,1H3,(H,26,31)(H,27,28,32). The van der Waals surface area contributed by atoms with Crippen LogP contribution in [-0.2, 0) is 9.59 Å². The van der Waals surface area contributed by atoms with E-state index >= 15 is 0 Å². The quantitative estimate of drug-likeness (QED) is 0.464. The molecule has 0 aliphatic carbocycles. The molecule has 1 saturated heterocycles. The molecule has 2 heterocycles. The first-order valence-electron chi connectivity index (χ1n) is 11.1. The summed E-state index contributed by atoms with van der Waals surface area (Å²) < 4.78 is 0. The Morgan fingerprint density at radius 1 is 0.938 bits per heavy atom. The first-order valence-corrected chi connectivity index (χ1v) is 11.1. The van der Waals surface area contributed by atoms with Crippen molar-refractivity contribution < 1.29 is 9.59 Å². The van der Waals surface area contributed by atoms with Crippen LogP contribution in [-0.4, -0.2) is 61.0 Å². The van der Waals surface area contributed by atoms with Gasteiger partial charge in [-0.1, -0.05) is 36.4 Å². The molecule has 7 nitrogen and oxygen atoms in total. The Morgan fingerprint density at radius 2 is 1.66 bits per heavy atom. The zero-order valence-electron chi connectivity index (χ0n) is 18.4. The molecule has 7 heteroatoms. The summed E-state index contributed by atoms with van der Waals surface area (Å²) in [6, 6.07) is 19.8. The van der Waals surface area contributed by atoms with Crippen molar-refractivity contribution in [1.82, 2.24) is 15.2 Å². The number of para-hydroxylation sites is 2. The van der Waals surface area contributed by atoms with Crippen LogP contribution in [0.3, 0.4) is 0 Å². The molecular weight excluding hydrogens is 402 g/mol. The summed E-state index contributed by atoms with van der Waals surface area (Å²) in [7, 11) is 0. The number of aromatic nitrogens is 1. The highest BCUT2D eigenvalue weighted by Crippen LogP contribution is 2.22. The van der Waals surface area contributed by atoms with Crippen molar-refractivity contribution >= 4 is 34.1 Å². The third-order valence-corrected chi connectivity index (χ3v) is 5.73. The monoisotopic (exact) mass is 431 g/mol. The van der Waals surface area contributed by atoms with Gasteiger partial charge in [-0.15, -0.1) is 0 Å². The predicted molar refractivity (Wildman–Crippen MR) is 128 cm³/mol. The van der Waals surface area contributed by atoms with Gasteiger partial charge in [0.2, 0.25) is 0 Å². The molecule has 1 aliphatic heterocycles. The van der Waals surface area contributed by atoms with Gasteiger partial charge in [0.05, 0.1) is 11.2 Å². The van der Waals surface area contributed by atoms with Gasteiger partial charge < -0.3 is 15.5 Å². The van der Waals surface area contributed by atoms with Gasteiger partial charge in [-0.25, -0.2) is 0 Å². The first kappa shape index (κ1) is 21.8. The molecule has 1 fully saturated rings. The second kappa shape index (κ2) is 10.2. The van der Waals surface area contributed by atoms with Crippen LogP contribution in [0.5, 0.6) is 0 Å². The molecule has 3 aromatic rings. The summed E-state index contributed by atoms with van der Waals surface area (Å²) >= 11 is 0. The summed E-state index contributed by atoms with van der Waals surface area (Å²) in [5, 5.41) is 6.28. The Morgan fingerprint density at radius 3 is 2.44 bits per heavy atom. The topological polar surface area (TPSA) is 77.6 Å². The molecule has 32 heavy (non-hydrogen) atoms. The van der Waals surface area contributed by atoms with Gasteiger partial charge in [0.15, 0.2) is 0 Å². The number of amides is 2. The molecule has 4 rings (SSSR count). The summed E-state index contributed by atoms with van der Waals surface area (Å²) in [6.45, 7) is 7.23. The summed E-state index contributed by atoms with van der Waals surface area (Å²) in [6.07, 6.45) is 0.807. The number of piperazine rings is 1. The molecule has 0 radical (unpaired) electrons. The molecule has 0 atom stereocenters. The number of nitrogens with one attached hydrogen (secondary N) is 2. The Hall–Kier alpha value is -3.45. The molecular formula is C25H29N5O2. The molecule has 1 aromatic heterocycles. The summed E-state index contributed by atoms with van der Waals surface area (Å²) in [4.78, 5) is 33.9. The number of carbonyl (C=O) groups excluding carboxylic acids is 2. The van der Waals surface area contributed by atoms with E-state index in [0.717, 1.165) is 55.7 Å². The maximum Gasteiger partial charge on any atom is 0.313 e. The number of hydrogen-bond acceptors (Lipinski definition) is 5. The van der Waals surface area contributed by atoms with E-state index in [1.165, 1.54) is 5.69 Å². The number of carbonyl (C=O) groups is 2. The van der Waals surface area contributed by atoms with E-state index in [1.807, 2.05) is 37.3 Å².